The Bertz CT molecular complexity index is 428. The first-order valence-corrected chi connectivity index (χ1v) is 5.51. The number of aliphatic hydroxyl groups excluding tert-OH is 1. The Kier molecular flexibility index (Phi) is 5.87. The van der Waals surface area contributed by atoms with E-state index in [1.54, 1.807) is 0 Å². The summed E-state index contributed by atoms with van der Waals surface area (Å²) in [5.41, 5.74) is 2.30. The zero-order chi connectivity index (χ0) is 11.2. The zero-order valence-corrected chi connectivity index (χ0v) is 11.2. The van der Waals surface area contributed by atoms with Crippen molar-refractivity contribution < 1.29 is 26.7 Å². The molecule has 3 heteroatoms. The van der Waals surface area contributed by atoms with Crippen molar-refractivity contribution in [2.24, 2.45) is 0 Å². The van der Waals surface area contributed by atoms with Crippen LogP contribution >= 0.6 is 0 Å². The molecule has 0 bridgehead atoms. The van der Waals surface area contributed by atoms with E-state index in [4.69, 9.17) is 5.11 Å². The van der Waals surface area contributed by atoms with Gasteiger partial charge < -0.3 is 22.1 Å². The SMILES string of the molecule is OCc1cc[n+](CCc2ccccc2)cc1.[Br-]. The van der Waals surface area contributed by atoms with Crippen LogP contribution in [-0.2, 0) is 19.6 Å². The summed E-state index contributed by atoms with van der Waals surface area (Å²) in [6, 6.07) is 14.3. The minimum Gasteiger partial charge on any atom is -1.00 e. The number of nitrogens with zero attached hydrogens (tertiary/aromatic N) is 1. The Morgan fingerprint density at radius 2 is 1.53 bits per heavy atom. The quantitative estimate of drug-likeness (QED) is 0.698. The lowest BCUT2D eigenvalue weighted by atomic mass is 10.1. The smallest absolute Gasteiger partial charge is 0.169 e. The number of halogens is 1. The van der Waals surface area contributed by atoms with E-state index in [-0.39, 0.29) is 23.6 Å². The maximum Gasteiger partial charge on any atom is 0.169 e. The summed E-state index contributed by atoms with van der Waals surface area (Å²) in [5, 5.41) is 8.93. The molecule has 0 radical (unpaired) electrons. The summed E-state index contributed by atoms with van der Waals surface area (Å²) in [4.78, 5) is 0. The average Bonchev–Trinajstić information content (AvgIpc) is 2.38. The molecule has 0 saturated heterocycles. The van der Waals surface area contributed by atoms with Crippen molar-refractivity contribution in [3.63, 3.8) is 0 Å². The molecule has 17 heavy (non-hydrogen) atoms. The van der Waals surface area contributed by atoms with Crippen LogP contribution in [0.3, 0.4) is 0 Å². The highest BCUT2D eigenvalue weighted by atomic mass is 79.9. The van der Waals surface area contributed by atoms with Crippen molar-refractivity contribution in [2.75, 3.05) is 0 Å². The minimum atomic E-state index is 0. The molecule has 0 saturated carbocycles. The van der Waals surface area contributed by atoms with Gasteiger partial charge >= 0.3 is 0 Å². The maximum atomic E-state index is 8.93. The number of aliphatic hydroxyl groups is 1. The van der Waals surface area contributed by atoms with Gasteiger partial charge in [-0.3, -0.25) is 0 Å². The van der Waals surface area contributed by atoms with Crippen molar-refractivity contribution in [1.29, 1.82) is 0 Å². The molecule has 2 aromatic rings. The standard InChI is InChI=1S/C14H16NO.BrH/c16-12-14-7-10-15(11-8-14)9-6-13-4-2-1-3-5-13;/h1-5,7-8,10-11,16H,6,9,12H2;1H/q+1;/p-1. The summed E-state index contributed by atoms with van der Waals surface area (Å²) in [6.45, 7) is 1.08. The fraction of sp³-hybridized carbons (Fsp3) is 0.214. The molecule has 0 aliphatic heterocycles. The van der Waals surface area contributed by atoms with Gasteiger partial charge in [0.2, 0.25) is 0 Å². The van der Waals surface area contributed by atoms with Gasteiger partial charge in [0.1, 0.15) is 0 Å². The molecule has 0 atom stereocenters. The maximum absolute atomic E-state index is 8.93. The number of hydrogen-bond donors (Lipinski definition) is 1. The van der Waals surface area contributed by atoms with Crippen LogP contribution < -0.4 is 21.5 Å². The van der Waals surface area contributed by atoms with E-state index in [1.165, 1.54) is 5.56 Å². The van der Waals surface area contributed by atoms with E-state index < -0.39 is 0 Å². The van der Waals surface area contributed by atoms with E-state index in [2.05, 4.69) is 28.8 Å². The summed E-state index contributed by atoms with van der Waals surface area (Å²) in [6.07, 6.45) is 5.05. The van der Waals surface area contributed by atoms with Crippen LogP contribution in [0.25, 0.3) is 0 Å². The molecule has 1 heterocycles. The van der Waals surface area contributed by atoms with E-state index in [1.807, 2.05) is 30.6 Å². The molecule has 2 nitrogen and oxygen atoms in total. The van der Waals surface area contributed by atoms with Gasteiger partial charge in [0, 0.05) is 18.6 Å². The van der Waals surface area contributed by atoms with Crippen LogP contribution in [0.5, 0.6) is 0 Å². The van der Waals surface area contributed by atoms with Crippen LogP contribution in [0, 0.1) is 0 Å². The number of aromatic nitrogens is 1. The lowest BCUT2D eigenvalue weighted by Crippen LogP contribution is -3.00. The highest BCUT2D eigenvalue weighted by Crippen LogP contribution is 1.99. The summed E-state index contributed by atoms with van der Waals surface area (Å²) in [7, 11) is 0. The Labute approximate surface area is 112 Å². The van der Waals surface area contributed by atoms with Gasteiger partial charge in [-0.2, -0.15) is 0 Å². The lowest BCUT2D eigenvalue weighted by molar-refractivity contribution is -0.696. The summed E-state index contributed by atoms with van der Waals surface area (Å²) >= 11 is 0. The van der Waals surface area contributed by atoms with Gasteiger partial charge in [-0.1, -0.05) is 30.3 Å². The van der Waals surface area contributed by atoms with Crippen molar-refractivity contribution in [3.05, 3.63) is 66.0 Å². The van der Waals surface area contributed by atoms with Gasteiger partial charge in [0.25, 0.3) is 0 Å². The number of rotatable bonds is 4. The lowest BCUT2D eigenvalue weighted by Gasteiger charge is -1.99. The van der Waals surface area contributed by atoms with Crippen molar-refractivity contribution in [1.82, 2.24) is 0 Å². The largest absolute Gasteiger partial charge is 1.00 e. The first kappa shape index (κ1) is 13.9. The molecule has 0 unspecified atom stereocenters. The van der Waals surface area contributed by atoms with Gasteiger partial charge in [0.15, 0.2) is 18.9 Å². The molecule has 90 valence electrons. The molecular formula is C14H16BrNO. The van der Waals surface area contributed by atoms with Crippen LogP contribution in [-0.4, -0.2) is 5.11 Å². The molecule has 0 aliphatic carbocycles. The average molecular weight is 294 g/mol. The fourth-order valence-corrected chi connectivity index (χ4v) is 1.65. The van der Waals surface area contributed by atoms with Gasteiger partial charge in [0.05, 0.1) is 6.61 Å². The second kappa shape index (κ2) is 7.20. The predicted molar refractivity (Wildman–Crippen MR) is 62.7 cm³/mol. The third-order valence-corrected chi connectivity index (χ3v) is 2.64. The van der Waals surface area contributed by atoms with Gasteiger partial charge in [-0.15, -0.1) is 0 Å². The van der Waals surface area contributed by atoms with Gasteiger partial charge in [-0.05, 0) is 11.1 Å². The molecule has 0 aliphatic rings. The molecule has 2 rings (SSSR count). The van der Waals surface area contributed by atoms with Crippen LogP contribution in [0.4, 0.5) is 0 Å². The number of aryl methyl sites for hydroxylation is 2. The minimum absolute atomic E-state index is 0. The number of pyridine rings is 1. The van der Waals surface area contributed by atoms with E-state index in [9.17, 15) is 0 Å². The predicted octanol–water partition coefficient (Wildman–Crippen LogP) is -1.29. The van der Waals surface area contributed by atoms with Gasteiger partial charge in [-0.25, -0.2) is 4.57 Å². The summed E-state index contributed by atoms with van der Waals surface area (Å²) < 4.78 is 2.13. The molecule has 0 amide bonds. The van der Waals surface area contributed by atoms with E-state index >= 15 is 0 Å². The van der Waals surface area contributed by atoms with Crippen molar-refractivity contribution in [3.8, 4) is 0 Å². The molecule has 1 aromatic heterocycles. The zero-order valence-electron chi connectivity index (χ0n) is 9.59. The van der Waals surface area contributed by atoms with Crippen LogP contribution in [0.1, 0.15) is 11.1 Å². The monoisotopic (exact) mass is 293 g/mol. The van der Waals surface area contributed by atoms with Crippen molar-refractivity contribution >= 4 is 0 Å². The Morgan fingerprint density at radius 3 is 2.12 bits per heavy atom. The Hall–Kier alpha value is -1.19. The first-order chi connectivity index (χ1) is 7.88. The van der Waals surface area contributed by atoms with Crippen LogP contribution in [0.2, 0.25) is 0 Å². The number of hydrogen-bond acceptors (Lipinski definition) is 1. The molecule has 1 aromatic carbocycles. The fourth-order valence-electron chi connectivity index (χ4n) is 1.65. The highest BCUT2D eigenvalue weighted by molar-refractivity contribution is 5.14. The normalized spacial score (nSPS) is 9.71. The summed E-state index contributed by atoms with van der Waals surface area (Å²) in [5.74, 6) is 0. The third-order valence-electron chi connectivity index (χ3n) is 2.64. The van der Waals surface area contributed by atoms with E-state index in [0.29, 0.717) is 0 Å². The molecular weight excluding hydrogens is 278 g/mol. The highest BCUT2D eigenvalue weighted by Gasteiger charge is 2.01. The first-order valence-electron chi connectivity index (χ1n) is 5.51. The molecule has 0 spiro atoms. The number of benzene rings is 1. The second-order valence-electron chi connectivity index (χ2n) is 3.84. The van der Waals surface area contributed by atoms with E-state index in [0.717, 1.165) is 18.5 Å². The molecule has 1 N–H and O–H groups in total. The second-order valence-corrected chi connectivity index (χ2v) is 3.84. The third kappa shape index (κ3) is 4.29. The van der Waals surface area contributed by atoms with Crippen LogP contribution in [0.15, 0.2) is 54.9 Å². The van der Waals surface area contributed by atoms with Crippen molar-refractivity contribution in [2.45, 2.75) is 19.6 Å². The Balaban J connectivity index is 0.00000144. The molecule has 0 fully saturated rings. The topological polar surface area (TPSA) is 24.1 Å². The Morgan fingerprint density at radius 1 is 0.882 bits per heavy atom.